The molecule has 1 aromatic heterocycles. The zero-order chi connectivity index (χ0) is 14.4. The van der Waals surface area contributed by atoms with Crippen LogP contribution in [0.15, 0.2) is 30.5 Å². The molecule has 1 aromatic carbocycles. The lowest BCUT2D eigenvalue weighted by Gasteiger charge is -2.11. The average Bonchev–Trinajstić information content (AvgIpc) is 2.91. The second-order valence-corrected chi connectivity index (χ2v) is 4.91. The summed E-state index contributed by atoms with van der Waals surface area (Å²) in [4.78, 5) is 14.1. The van der Waals surface area contributed by atoms with Gasteiger partial charge >= 0.3 is 0 Å². The van der Waals surface area contributed by atoms with Crippen molar-refractivity contribution in [3.05, 3.63) is 47.3 Å². The normalized spacial score (nSPS) is 10.8. The van der Waals surface area contributed by atoms with E-state index in [1.807, 2.05) is 38.4 Å². The van der Waals surface area contributed by atoms with Crippen LogP contribution < -0.4 is 5.32 Å². The van der Waals surface area contributed by atoms with Crippen LogP contribution in [0.25, 0.3) is 0 Å². The van der Waals surface area contributed by atoms with Crippen LogP contribution in [0.1, 0.15) is 21.6 Å². The van der Waals surface area contributed by atoms with Crippen LogP contribution in [0, 0.1) is 0 Å². The van der Waals surface area contributed by atoms with Crippen molar-refractivity contribution in [3.8, 4) is 0 Å². The number of nitrogens with zero attached hydrogens (tertiary/aromatic N) is 3. The summed E-state index contributed by atoms with van der Waals surface area (Å²) in [6.07, 6.45) is 2.32. The maximum absolute atomic E-state index is 12.0. The maximum atomic E-state index is 12.0. The first-order valence-electron chi connectivity index (χ1n) is 6.51. The number of benzene rings is 1. The molecule has 1 amide bonds. The molecule has 106 valence electrons. The van der Waals surface area contributed by atoms with Gasteiger partial charge in [-0.3, -0.25) is 4.79 Å². The Bertz CT molecular complexity index is 550. The molecule has 6 heteroatoms. The molecular weight excluding hydrogens is 254 g/mol. The number of H-pyrrole nitrogens is 1. The summed E-state index contributed by atoms with van der Waals surface area (Å²) in [5.74, 6) is -0.0610. The lowest BCUT2D eigenvalue weighted by Crippen LogP contribution is -2.26. The smallest absolute Gasteiger partial charge is 0.251 e. The highest BCUT2D eigenvalue weighted by molar-refractivity contribution is 5.94. The Hall–Kier alpha value is -2.21. The molecule has 0 aliphatic heterocycles. The summed E-state index contributed by atoms with van der Waals surface area (Å²) >= 11 is 0. The van der Waals surface area contributed by atoms with Crippen molar-refractivity contribution in [3.63, 3.8) is 0 Å². The van der Waals surface area contributed by atoms with Crippen LogP contribution in [-0.4, -0.2) is 46.9 Å². The van der Waals surface area contributed by atoms with E-state index in [2.05, 4.69) is 25.6 Å². The van der Waals surface area contributed by atoms with Gasteiger partial charge in [-0.2, -0.15) is 15.4 Å². The first kappa shape index (κ1) is 14.2. The van der Waals surface area contributed by atoms with E-state index in [9.17, 15) is 4.79 Å². The number of aromatic amines is 1. The average molecular weight is 273 g/mol. The van der Waals surface area contributed by atoms with Crippen molar-refractivity contribution in [1.82, 2.24) is 25.6 Å². The molecule has 2 rings (SSSR count). The number of carbonyl (C=O) groups excluding carboxylic acids is 1. The van der Waals surface area contributed by atoms with Gasteiger partial charge in [0, 0.05) is 25.1 Å². The van der Waals surface area contributed by atoms with Gasteiger partial charge < -0.3 is 10.2 Å². The predicted molar refractivity (Wildman–Crippen MR) is 76.3 cm³/mol. The van der Waals surface area contributed by atoms with Gasteiger partial charge in [0.1, 0.15) is 0 Å². The van der Waals surface area contributed by atoms with E-state index in [0.717, 1.165) is 17.8 Å². The van der Waals surface area contributed by atoms with Gasteiger partial charge in [-0.15, -0.1) is 0 Å². The topological polar surface area (TPSA) is 73.9 Å². The molecule has 0 fully saturated rings. The standard InChI is InChI=1S/C14H19N5O/c1-19(2)10-11-4-3-5-12(8-11)14(20)15-7-6-13-9-16-18-17-13/h3-5,8-9H,6-7,10H2,1-2H3,(H,15,20)(H,16,17,18). The molecule has 0 saturated carbocycles. The van der Waals surface area contributed by atoms with Crippen LogP contribution in [0.3, 0.4) is 0 Å². The Labute approximate surface area is 118 Å². The number of hydrogen-bond donors (Lipinski definition) is 2. The molecule has 2 aromatic rings. The molecule has 0 saturated heterocycles. The van der Waals surface area contributed by atoms with E-state index in [1.165, 1.54) is 0 Å². The number of carbonyl (C=O) groups is 1. The van der Waals surface area contributed by atoms with E-state index in [0.29, 0.717) is 18.5 Å². The zero-order valence-corrected chi connectivity index (χ0v) is 11.8. The summed E-state index contributed by atoms with van der Waals surface area (Å²) in [7, 11) is 4.01. The first-order valence-corrected chi connectivity index (χ1v) is 6.51. The van der Waals surface area contributed by atoms with Crippen molar-refractivity contribution >= 4 is 5.91 Å². The predicted octanol–water partition coefficient (Wildman–Crippen LogP) is 0.839. The minimum absolute atomic E-state index is 0.0610. The van der Waals surface area contributed by atoms with Crippen LogP contribution >= 0.6 is 0 Å². The Kier molecular flexibility index (Phi) is 4.84. The van der Waals surface area contributed by atoms with Gasteiger partial charge in [0.25, 0.3) is 5.91 Å². The zero-order valence-electron chi connectivity index (χ0n) is 11.8. The SMILES string of the molecule is CN(C)Cc1cccc(C(=O)NCCc2cn[nH]n2)c1. The van der Waals surface area contributed by atoms with Crippen molar-refractivity contribution in [2.75, 3.05) is 20.6 Å². The summed E-state index contributed by atoms with van der Waals surface area (Å²) in [6, 6.07) is 7.67. The minimum atomic E-state index is -0.0610. The fourth-order valence-electron chi connectivity index (χ4n) is 1.93. The van der Waals surface area contributed by atoms with Crippen LogP contribution in [0.4, 0.5) is 0 Å². The van der Waals surface area contributed by atoms with E-state index < -0.39 is 0 Å². The number of amides is 1. The second kappa shape index (κ2) is 6.81. The Morgan fingerprint density at radius 1 is 1.40 bits per heavy atom. The van der Waals surface area contributed by atoms with Crippen molar-refractivity contribution in [2.45, 2.75) is 13.0 Å². The fraction of sp³-hybridized carbons (Fsp3) is 0.357. The number of rotatable bonds is 6. The maximum Gasteiger partial charge on any atom is 0.251 e. The van der Waals surface area contributed by atoms with Crippen LogP contribution in [0.2, 0.25) is 0 Å². The fourth-order valence-corrected chi connectivity index (χ4v) is 1.93. The number of hydrogen-bond acceptors (Lipinski definition) is 4. The van der Waals surface area contributed by atoms with Crippen molar-refractivity contribution in [1.29, 1.82) is 0 Å². The van der Waals surface area contributed by atoms with E-state index in [-0.39, 0.29) is 5.91 Å². The highest BCUT2D eigenvalue weighted by atomic mass is 16.1. The van der Waals surface area contributed by atoms with Gasteiger partial charge in [0.2, 0.25) is 0 Å². The lowest BCUT2D eigenvalue weighted by molar-refractivity contribution is 0.0954. The second-order valence-electron chi connectivity index (χ2n) is 4.91. The molecule has 0 unspecified atom stereocenters. The third kappa shape index (κ3) is 4.17. The lowest BCUT2D eigenvalue weighted by atomic mass is 10.1. The highest BCUT2D eigenvalue weighted by Gasteiger charge is 2.06. The molecule has 2 N–H and O–H groups in total. The Morgan fingerprint density at radius 2 is 2.25 bits per heavy atom. The van der Waals surface area contributed by atoms with Crippen LogP contribution in [-0.2, 0) is 13.0 Å². The van der Waals surface area contributed by atoms with E-state index in [1.54, 1.807) is 6.20 Å². The molecule has 0 aliphatic carbocycles. The quantitative estimate of drug-likeness (QED) is 0.818. The number of aromatic nitrogens is 3. The Balaban J connectivity index is 1.88. The molecule has 0 spiro atoms. The highest BCUT2D eigenvalue weighted by Crippen LogP contribution is 2.07. The van der Waals surface area contributed by atoms with E-state index >= 15 is 0 Å². The third-order valence-electron chi connectivity index (χ3n) is 2.82. The molecule has 0 atom stereocenters. The summed E-state index contributed by atoms with van der Waals surface area (Å²) in [5, 5.41) is 13.1. The molecule has 0 aliphatic rings. The van der Waals surface area contributed by atoms with Crippen molar-refractivity contribution in [2.24, 2.45) is 0 Å². The van der Waals surface area contributed by atoms with E-state index in [4.69, 9.17) is 0 Å². The molecule has 20 heavy (non-hydrogen) atoms. The summed E-state index contributed by atoms with van der Waals surface area (Å²) in [5.41, 5.74) is 2.65. The molecule has 6 nitrogen and oxygen atoms in total. The molecule has 1 heterocycles. The minimum Gasteiger partial charge on any atom is -0.352 e. The summed E-state index contributed by atoms with van der Waals surface area (Å²) < 4.78 is 0. The number of nitrogens with one attached hydrogen (secondary N) is 2. The molecule has 0 bridgehead atoms. The largest absolute Gasteiger partial charge is 0.352 e. The van der Waals surface area contributed by atoms with Gasteiger partial charge in [-0.05, 0) is 31.8 Å². The molecular formula is C14H19N5O. The van der Waals surface area contributed by atoms with Gasteiger partial charge in [-0.1, -0.05) is 12.1 Å². The van der Waals surface area contributed by atoms with Gasteiger partial charge in [0.05, 0.1) is 11.9 Å². The first-order chi connectivity index (χ1) is 9.65. The summed E-state index contributed by atoms with van der Waals surface area (Å²) in [6.45, 7) is 1.36. The van der Waals surface area contributed by atoms with Crippen LogP contribution in [0.5, 0.6) is 0 Å². The van der Waals surface area contributed by atoms with Gasteiger partial charge in [-0.25, -0.2) is 0 Å². The Morgan fingerprint density at radius 3 is 2.95 bits per heavy atom. The van der Waals surface area contributed by atoms with Gasteiger partial charge in [0.15, 0.2) is 0 Å². The third-order valence-corrected chi connectivity index (χ3v) is 2.82. The van der Waals surface area contributed by atoms with Crippen molar-refractivity contribution < 1.29 is 4.79 Å². The monoisotopic (exact) mass is 273 g/mol. The molecule has 0 radical (unpaired) electrons.